The number of nitrogens with zero attached hydrogens (tertiary/aromatic N) is 1. The van der Waals surface area contributed by atoms with E-state index in [-0.39, 0.29) is 11.8 Å². The maximum Gasteiger partial charge on any atom is 0.258 e. The van der Waals surface area contributed by atoms with Crippen LogP contribution in [0.25, 0.3) is 0 Å². The summed E-state index contributed by atoms with van der Waals surface area (Å²) in [5.74, 6) is -0.571. The summed E-state index contributed by atoms with van der Waals surface area (Å²) in [6.07, 6.45) is 2.57. The summed E-state index contributed by atoms with van der Waals surface area (Å²) in [6, 6.07) is 7.36. The van der Waals surface area contributed by atoms with E-state index in [0.717, 1.165) is 5.56 Å². The molecule has 2 amide bonds. The van der Waals surface area contributed by atoms with Gasteiger partial charge in [0.1, 0.15) is 0 Å². The maximum absolute atomic E-state index is 11.5. The van der Waals surface area contributed by atoms with Crippen LogP contribution < -0.4 is 10.2 Å². The van der Waals surface area contributed by atoms with Gasteiger partial charge in [0.25, 0.3) is 11.8 Å². The van der Waals surface area contributed by atoms with Crippen LogP contribution in [0.5, 0.6) is 0 Å². The van der Waals surface area contributed by atoms with Gasteiger partial charge in [-0.05, 0) is 24.7 Å². The maximum atomic E-state index is 11.5. The first-order valence-corrected chi connectivity index (χ1v) is 5.02. The van der Waals surface area contributed by atoms with Gasteiger partial charge in [-0.1, -0.05) is 12.1 Å². The van der Waals surface area contributed by atoms with Gasteiger partial charge >= 0.3 is 0 Å². The van der Waals surface area contributed by atoms with Gasteiger partial charge in [0, 0.05) is 18.7 Å². The van der Waals surface area contributed by atoms with Crippen molar-refractivity contribution in [2.75, 3.05) is 11.9 Å². The average Bonchev–Trinajstić information content (AvgIpc) is 2.59. The first-order valence-electron chi connectivity index (χ1n) is 5.02. The molecule has 0 atom stereocenters. The van der Waals surface area contributed by atoms with E-state index in [1.54, 1.807) is 6.07 Å². The molecule has 1 N–H and O–H groups in total. The van der Waals surface area contributed by atoms with Crippen LogP contribution in [0.2, 0.25) is 0 Å². The molecule has 1 aliphatic heterocycles. The van der Waals surface area contributed by atoms with Gasteiger partial charge in [-0.15, -0.1) is 0 Å². The first-order chi connectivity index (χ1) is 7.72. The highest BCUT2D eigenvalue weighted by molar-refractivity contribution is 6.28. The third kappa shape index (κ3) is 1.87. The Kier molecular flexibility index (Phi) is 2.83. The van der Waals surface area contributed by atoms with Crippen LogP contribution in [0.1, 0.15) is 5.56 Å². The van der Waals surface area contributed by atoms with E-state index >= 15 is 0 Å². The Morgan fingerprint density at radius 1 is 1.19 bits per heavy atom. The minimum atomic E-state index is -0.286. The van der Waals surface area contributed by atoms with Gasteiger partial charge in [-0.3, -0.25) is 9.59 Å². The van der Waals surface area contributed by atoms with Crippen LogP contribution in [0.3, 0.4) is 0 Å². The Bertz CT molecular complexity index is 448. The molecule has 0 aromatic heterocycles. The highest BCUT2D eigenvalue weighted by Gasteiger charge is 2.24. The fourth-order valence-corrected chi connectivity index (χ4v) is 1.66. The molecule has 16 heavy (non-hydrogen) atoms. The second-order valence-electron chi connectivity index (χ2n) is 3.55. The molecule has 0 unspecified atom stereocenters. The van der Waals surface area contributed by atoms with Crippen molar-refractivity contribution in [3.8, 4) is 0 Å². The van der Waals surface area contributed by atoms with E-state index in [1.807, 2.05) is 25.2 Å². The minimum Gasteiger partial charge on any atom is -0.316 e. The zero-order valence-corrected chi connectivity index (χ0v) is 8.93. The third-order valence-corrected chi connectivity index (χ3v) is 2.36. The number of hydrogen-bond donors (Lipinski definition) is 1. The van der Waals surface area contributed by atoms with Gasteiger partial charge < -0.3 is 5.32 Å². The van der Waals surface area contributed by atoms with Crippen molar-refractivity contribution < 1.29 is 9.59 Å². The monoisotopic (exact) mass is 216 g/mol. The van der Waals surface area contributed by atoms with Crippen molar-refractivity contribution in [2.24, 2.45) is 0 Å². The van der Waals surface area contributed by atoms with Gasteiger partial charge in [-0.2, -0.15) is 0 Å². The fourth-order valence-electron chi connectivity index (χ4n) is 1.66. The molecule has 0 aliphatic carbocycles. The largest absolute Gasteiger partial charge is 0.316 e. The number of benzene rings is 1. The van der Waals surface area contributed by atoms with Crippen LogP contribution in [0, 0.1) is 0 Å². The van der Waals surface area contributed by atoms with E-state index in [0.29, 0.717) is 12.2 Å². The molecule has 0 saturated heterocycles. The molecule has 0 radical (unpaired) electrons. The number of hydrogen-bond acceptors (Lipinski definition) is 3. The number of imide groups is 1. The van der Waals surface area contributed by atoms with Crippen LogP contribution in [-0.2, 0) is 16.1 Å². The van der Waals surface area contributed by atoms with E-state index < -0.39 is 0 Å². The lowest BCUT2D eigenvalue weighted by Crippen LogP contribution is -2.29. The van der Waals surface area contributed by atoms with Crippen molar-refractivity contribution in [1.29, 1.82) is 0 Å². The molecule has 2 rings (SSSR count). The highest BCUT2D eigenvalue weighted by atomic mass is 16.2. The number of nitrogens with one attached hydrogen (secondary N) is 1. The van der Waals surface area contributed by atoms with E-state index in [1.165, 1.54) is 17.1 Å². The Morgan fingerprint density at radius 3 is 2.50 bits per heavy atom. The van der Waals surface area contributed by atoms with E-state index in [9.17, 15) is 9.59 Å². The zero-order chi connectivity index (χ0) is 11.5. The van der Waals surface area contributed by atoms with Crippen molar-refractivity contribution >= 4 is 17.5 Å². The quantitative estimate of drug-likeness (QED) is 0.761. The van der Waals surface area contributed by atoms with Crippen LogP contribution in [0.4, 0.5) is 5.69 Å². The minimum absolute atomic E-state index is 0.286. The first kappa shape index (κ1) is 10.6. The van der Waals surface area contributed by atoms with Gasteiger partial charge in [0.2, 0.25) is 0 Å². The number of carbonyl (C=O) groups excluding carboxylic acids is 2. The molecule has 0 bridgehead atoms. The SMILES string of the molecule is CNCc1cccc(N2C(=O)C=CC2=O)c1. The molecule has 0 spiro atoms. The van der Waals surface area contributed by atoms with Crippen LogP contribution in [0.15, 0.2) is 36.4 Å². The molecule has 1 aliphatic rings. The summed E-state index contributed by atoms with van der Waals surface area (Å²) in [5, 5.41) is 3.02. The van der Waals surface area contributed by atoms with Crippen molar-refractivity contribution in [3.63, 3.8) is 0 Å². The Hall–Kier alpha value is -1.94. The van der Waals surface area contributed by atoms with Gasteiger partial charge in [-0.25, -0.2) is 4.90 Å². The van der Waals surface area contributed by atoms with Gasteiger partial charge in [0.15, 0.2) is 0 Å². The van der Waals surface area contributed by atoms with Crippen molar-refractivity contribution in [2.45, 2.75) is 6.54 Å². The number of carbonyl (C=O) groups is 2. The fraction of sp³-hybridized carbons (Fsp3) is 0.167. The molecule has 0 saturated carbocycles. The molecule has 1 aromatic carbocycles. The summed E-state index contributed by atoms with van der Waals surface area (Å²) in [4.78, 5) is 24.1. The summed E-state index contributed by atoms with van der Waals surface area (Å²) in [6.45, 7) is 0.706. The number of anilines is 1. The van der Waals surface area contributed by atoms with Crippen molar-refractivity contribution in [3.05, 3.63) is 42.0 Å². The standard InChI is InChI=1S/C12H12N2O2/c1-13-8-9-3-2-4-10(7-9)14-11(15)5-6-12(14)16/h2-7,13H,8H2,1H3. The lowest BCUT2D eigenvalue weighted by atomic mass is 10.2. The lowest BCUT2D eigenvalue weighted by molar-refractivity contribution is -0.119. The highest BCUT2D eigenvalue weighted by Crippen LogP contribution is 2.20. The molecule has 4 nitrogen and oxygen atoms in total. The zero-order valence-electron chi connectivity index (χ0n) is 8.93. The molecular weight excluding hydrogens is 204 g/mol. The summed E-state index contributed by atoms with van der Waals surface area (Å²) in [5.41, 5.74) is 1.65. The predicted molar refractivity (Wildman–Crippen MR) is 60.8 cm³/mol. The second-order valence-corrected chi connectivity index (χ2v) is 3.55. The van der Waals surface area contributed by atoms with E-state index in [4.69, 9.17) is 0 Å². The molecule has 1 heterocycles. The van der Waals surface area contributed by atoms with Crippen LogP contribution >= 0.6 is 0 Å². The number of rotatable bonds is 3. The molecule has 1 aromatic rings. The second kappa shape index (κ2) is 4.28. The van der Waals surface area contributed by atoms with E-state index in [2.05, 4.69) is 5.32 Å². The molecule has 0 fully saturated rings. The summed E-state index contributed by atoms with van der Waals surface area (Å²) < 4.78 is 0. The summed E-state index contributed by atoms with van der Waals surface area (Å²) in [7, 11) is 1.85. The Morgan fingerprint density at radius 2 is 1.88 bits per heavy atom. The average molecular weight is 216 g/mol. The predicted octanol–water partition coefficient (Wildman–Crippen LogP) is 0.835. The molecular formula is C12H12N2O2. The normalized spacial score (nSPS) is 14.9. The number of amides is 2. The lowest BCUT2D eigenvalue weighted by Gasteiger charge is -2.14. The smallest absolute Gasteiger partial charge is 0.258 e. The molecule has 4 heteroatoms. The summed E-state index contributed by atoms with van der Waals surface area (Å²) >= 11 is 0. The van der Waals surface area contributed by atoms with Gasteiger partial charge in [0.05, 0.1) is 5.69 Å². The third-order valence-electron chi connectivity index (χ3n) is 2.36. The Labute approximate surface area is 93.6 Å². The molecule has 82 valence electrons. The topological polar surface area (TPSA) is 49.4 Å². The van der Waals surface area contributed by atoms with Crippen LogP contribution in [-0.4, -0.2) is 18.9 Å². The van der Waals surface area contributed by atoms with Crippen molar-refractivity contribution in [1.82, 2.24) is 5.32 Å². The Balaban J connectivity index is 2.30.